The number of fused-ring (bicyclic) bond motifs is 9. The maximum absolute atomic E-state index is 2.44. The summed E-state index contributed by atoms with van der Waals surface area (Å²) in [5.74, 6) is 0. The Hall–Kier alpha value is -8.24. The van der Waals surface area contributed by atoms with E-state index in [-0.39, 0.29) is 0 Å². The fraction of sp³-hybridized carbons (Fsp3) is 0. The summed E-state index contributed by atoms with van der Waals surface area (Å²) in [5, 5.41) is 10.1. The van der Waals surface area contributed by atoms with Gasteiger partial charge in [-0.2, -0.15) is 0 Å². The highest BCUT2D eigenvalue weighted by Crippen LogP contribution is 2.43. The lowest BCUT2D eigenvalue weighted by molar-refractivity contribution is 1.19. The van der Waals surface area contributed by atoms with Gasteiger partial charge in [-0.15, -0.1) is 11.3 Å². The first-order chi connectivity index (χ1) is 32.2. The molecule has 2 heterocycles. The second-order valence-corrected chi connectivity index (χ2v) is 18.0. The number of hydrogen-bond donors (Lipinski definition) is 0. The van der Waals surface area contributed by atoms with E-state index >= 15 is 0 Å². The molecular formula is C62H40N2S. The Balaban J connectivity index is 0.908. The number of nitrogens with zero attached hydrogens (tertiary/aromatic N) is 2. The summed E-state index contributed by atoms with van der Waals surface area (Å²) in [4.78, 5) is 2.37. The molecule has 0 aliphatic heterocycles. The third-order valence-electron chi connectivity index (χ3n) is 13.2. The van der Waals surface area contributed by atoms with Crippen molar-refractivity contribution in [3.8, 4) is 39.1 Å². The Labute approximate surface area is 381 Å². The first-order valence-corrected chi connectivity index (χ1v) is 23.1. The average molecular weight is 845 g/mol. The molecule has 0 bridgehead atoms. The molecule has 0 atom stereocenters. The molecule has 3 heteroatoms. The smallest absolute Gasteiger partial charge is 0.0619 e. The number of thiophene rings is 1. The van der Waals surface area contributed by atoms with Crippen LogP contribution in [0.5, 0.6) is 0 Å². The van der Waals surface area contributed by atoms with Gasteiger partial charge in [-0.25, -0.2) is 0 Å². The van der Waals surface area contributed by atoms with Crippen LogP contribution in [0.2, 0.25) is 0 Å². The highest BCUT2D eigenvalue weighted by molar-refractivity contribution is 7.26. The normalized spacial score (nSPS) is 11.7. The van der Waals surface area contributed by atoms with E-state index in [9.17, 15) is 0 Å². The van der Waals surface area contributed by atoms with Crippen LogP contribution in [0.3, 0.4) is 0 Å². The van der Waals surface area contributed by atoms with E-state index in [2.05, 4.69) is 252 Å². The molecule has 0 fully saturated rings. The lowest BCUT2D eigenvalue weighted by Crippen LogP contribution is -2.09. The van der Waals surface area contributed by atoms with Crippen molar-refractivity contribution in [3.63, 3.8) is 0 Å². The van der Waals surface area contributed by atoms with Crippen LogP contribution in [-0.2, 0) is 0 Å². The van der Waals surface area contributed by atoms with Gasteiger partial charge in [0.1, 0.15) is 0 Å². The van der Waals surface area contributed by atoms with Crippen LogP contribution in [0.4, 0.5) is 17.1 Å². The van der Waals surface area contributed by atoms with E-state index in [1.807, 2.05) is 11.3 Å². The fourth-order valence-corrected chi connectivity index (χ4v) is 11.2. The van der Waals surface area contributed by atoms with Gasteiger partial charge in [-0.3, -0.25) is 0 Å². The zero-order chi connectivity index (χ0) is 42.8. The SMILES string of the molecule is c1ccc(-n2c3cc(-c4ccc(N(c5ccc(-c6ccc7ccccc7c6)cc5)c5ccc(-c6cccc7c6sc6ccccc67)cc5)cc4)ccc3c3ccc4ccccc4c32)cc1. The summed E-state index contributed by atoms with van der Waals surface area (Å²) in [6.07, 6.45) is 0. The minimum atomic E-state index is 1.09. The minimum Gasteiger partial charge on any atom is -0.311 e. The Bertz CT molecular complexity index is 3920. The molecule has 0 saturated heterocycles. The van der Waals surface area contributed by atoms with E-state index in [1.54, 1.807) is 0 Å². The lowest BCUT2D eigenvalue weighted by Gasteiger charge is -2.26. The maximum atomic E-state index is 2.44. The van der Waals surface area contributed by atoms with E-state index < -0.39 is 0 Å². The second-order valence-electron chi connectivity index (χ2n) is 16.9. The van der Waals surface area contributed by atoms with Crippen molar-refractivity contribution in [3.05, 3.63) is 243 Å². The van der Waals surface area contributed by atoms with Gasteiger partial charge < -0.3 is 9.47 Å². The first-order valence-electron chi connectivity index (χ1n) is 22.2. The molecule has 0 aliphatic rings. The molecule has 304 valence electrons. The van der Waals surface area contributed by atoms with Gasteiger partial charge in [0.15, 0.2) is 0 Å². The molecule has 0 amide bonds. The molecule has 2 aromatic heterocycles. The molecular weight excluding hydrogens is 805 g/mol. The van der Waals surface area contributed by atoms with Gasteiger partial charge in [0, 0.05) is 59.1 Å². The van der Waals surface area contributed by atoms with Crippen LogP contribution in [0.15, 0.2) is 243 Å². The van der Waals surface area contributed by atoms with E-state index in [4.69, 9.17) is 0 Å². The molecule has 0 unspecified atom stereocenters. The first kappa shape index (κ1) is 37.3. The lowest BCUT2D eigenvalue weighted by atomic mass is 10.00. The van der Waals surface area contributed by atoms with Crippen molar-refractivity contribution in [2.45, 2.75) is 0 Å². The Kier molecular flexibility index (Phi) is 8.75. The molecule has 0 spiro atoms. The van der Waals surface area contributed by atoms with Gasteiger partial charge in [-0.1, -0.05) is 176 Å². The number of hydrogen-bond acceptors (Lipinski definition) is 2. The Morgan fingerprint density at radius 1 is 0.323 bits per heavy atom. The predicted molar refractivity (Wildman–Crippen MR) is 280 cm³/mol. The molecule has 0 saturated carbocycles. The Morgan fingerprint density at radius 3 is 1.60 bits per heavy atom. The number of para-hydroxylation sites is 1. The minimum absolute atomic E-state index is 1.09. The molecule has 13 rings (SSSR count). The average Bonchev–Trinajstić information content (AvgIpc) is 3.93. The second kappa shape index (κ2) is 15.2. The zero-order valence-electron chi connectivity index (χ0n) is 35.4. The van der Waals surface area contributed by atoms with Crippen LogP contribution < -0.4 is 4.90 Å². The van der Waals surface area contributed by atoms with E-state index in [0.29, 0.717) is 0 Å². The summed E-state index contributed by atoms with van der Waals surface area (Å²) in [7, 11) is 0. The predicted octanol–water partition coefficient (Wildman–Crippen LogP) is 17.9. The summed E-state index contributed by atoms with van der Waals surface area (Å²) in [5.41, 5.74) is 14.1. The van der Waals surface area contributed by atoms with Gasteiger partial charge in [0.2, 0.25) is 0 Å². The van der Waals surface area contributed by atoms with E-state index in [0.717, 1.165) is 22.7 Å². The number of benzene rings is 11. The molecule has 0 aliphatic carbocycles. The summed E-state index contributed by atoms with van der Waals surface area (Å²) < 4.78 is 5.09. The molecule has 2 nitrogen and oxygen atoms in total. The van der Waals surface area contributed by atoms with Crippen molar-refractivity contribution in [2.75, 3.05) is 4.90 Å². The van der Waals surface area contributed by atoms with Crippen LogP contribution >= 0.6 is 11.3 Å². The summed E-state index contributed by atoms with van der Waals surface area (Å²) >= 11 is 1.88. The van der Waals surface area contributed by atoms with Crippen LogP contribution in [-0.4, -0.2) is 4.57 Å². The van der Waals surface area contributed by atoms with Crippen LogP contribution in [0.1, 0.15) is 0 Å². The van der Waals surface area contributed by atoms with E-state index in [1.165, 1.54) is 96.9 Å². The van der Waals surface area contributed by atoms with Crippen molar-refractivity contribution >= 4 is 91.9 Å². The third kappa shape index (κ3) is 6.31. The third-order valence-corrected chi connectivity index (χ3v) is 14.4. The van der Waals surface area contributed by atoms with Gasteiger partial charge in [-0.05, 0) is 116 Å². The molecule has 13 aromatic rings. The topological polar surface area (TPSA) is 8.17 Å². The zero-order valence-corrected chi connectivity index (χ0v) is 36.2. The van der Waals surface area contributed by atoms with Crippen molar-refractivity contribution in [1.29, 1.82) is 0 Å². The molecule has 65 heavy (non-hydrogen) atoms. The quantitative estimate of drug-likeness (QED) is 0.155. The monoisotopic (exact) mass is 844 g/mol. The summed E-state index contributed by atoms with van der Waals surface area (Å²) in [6.45, 7) is 0. The highest BCUT2D eigenvalue weighted by Gasteiger charge is 2.18. The molecule has 0 radical (unpaired) electrons. The highest BCUT2D eigenvalue weighted by atomic mass is 32.1. The van der Waals surface area contributed by atoms with Crippen molar-refractivity contribution in [1.82, 2.24) is 4.57 Å². The van der Waals surface area contributed by atoms with Gasteiger partial charge in [0.05, 0.1) is 11.0 Å². The largest absolute Gasteiger partial charge is 0.311 e. The Morgan fingerprint density at radius 2 is 0.862 bits per heavy atom. The number of anilines is 3. The van der Waals surface area contributed by atoms with Crippen molar-refractivity contribution < 1.29 is 0 Å². The van der Waals surface area contributed by atoms with Crippen LogP contribution in [0, 0.1) is 0 Å². The van der Waals surface area contributed by atoms with Gasteiger partial charge >= 0.3 is 0 Å². The number of rotatable bonds is 7. The molecule has 11 aromatic carbocycles. The molecule has 0 N–H and O–H groups in total. The fourth-order valence-electron chi connectivity index (χ4n) is 9.99. The maximum Gasteiger partial charge on any atom is 0.0619 e. The number of aromatic nitrogens is 1. The van der Waals surface area contributed by atoms with Crippen LogP contribution in [0.25, 0.3) is 103 Å². The standard InChI is InChI=1S/C62H40N2S/c1-2-14-49(15-3-1)64-59-40-48(30-37-55(59)57-38-29-44-12-6-7-16-53(44)61(57)64)43-25-33-51(34-26-43)63(50-31-23-42(24-32-50)47-22-21-41-11-4-5-13-46(41)39-47)52-35-27-45(28-36-52)54-18-10-19-58-56-17-8-9-20-60(56)65-62(54)58/h1-40H. The van der Waals surface area contributed by atoms with Crippen molar-refractivity contribution in [2.24, 2.45) is 0 Å². The van der Waals surface area contributed by atoms with Gasteiger partial charge in [0.25, 0.3) is 0 Å². The summed E-state index contributed by atoms with van der Waals surface area (Å²) in [6, 6.07) is 88.9.